The molecule has 3 aromatic carbocycles. The summed E-state index contributed by atoms with van der Waals surface area (Å²) in [6.45, 7) is 6.13. The monoisotopic (exact) mass is 1330 g/mol. The summed E-state index contributed by atoms with van der Waals surface area (Å²) in [7, 11) is 3.06. The predicted octanol–water partition coefficient (Wildman–Crippen LogP) is 1.22. The van der Waals surface area contributed by atoms with Crippen LogP contribution in [0.1, 0.15) is 91.3 Å². The Morgan fingerprint density at radius 3 is 1.33 bits per heavy atom. The summed E-state index contributed by atoms with van der Waals surface area (Å²) in [5, 5.41) is 24.3. The van der Waals surface area contributed by atoms with E-state index in [0.29, 0.717) is 28.2 Å². The number of alkyl carbamates (subject to hydrolysis) is 1. The number of methoxy groups -OCH3 is 2. The third kappa shape index (κ3) is 23.5. The van der Waals surface area contributed by atoms with E-state index in [1.807, 2.05) is 54.6 Å². The van der Waals surface area contributed by atoms with Gasteiger partial charge in [-0.05, 0) is 53.8 Å². The lowest BCUT2D eigenvalue weighted by molar-refractivity contribution is -0.277. The van der Waals surface area contributed by atoms with Crippen molar-refractivity contribution in [1.29, 1.82) is 0 Å². The Hall–Kier alpha value is -9.01. The van der Waals surface area contributed by atoms with E-state index in [4.69, 9.17) is 66.3 Å². The Morgan fingerprint density at radius 1 is 0.511 bits per heavy atom. The number of nitrogens with one attached hydrogen (secondary N) is 5. The van der Waals surface area contributed by atoms with Crippen molar-refractivity contribution < 1.29 is 124 Å². The molecule has 31 heteroatoms. The number of hydrogen-bond acceptors (Lipinski definition) is 26. The molecule has 0 unspecified atom stereocenters. The number of aliphatic hydroxyl groups excluding tert-OH is 1. The standard InChI is InChI=1S/C63H83N5O26/c1-35(69)66-53-57(91-41(7)75)55(89-39(5)73)50(33-85-37(3)71)93-60(53)83-28-14-26-64-52(78)30-49(59(79)65-27-15-29-84-61-54(67-36(2)70)58(92-42(8)76)56(90-40(6)74)51(94-61)34-86-38(4)72)68-62(80)87-31-46(77)32-88-63(43-16-12-11-13-17-43,44-18-22-47(81-9)23-19-44)45-20-24-48(82-10)25-21-45/h11-13,16-25,46,49-51,53-58,60-61,77H,14-15,26-34H2,1-10H3,(H,64,78)(H,65,79)(H,66,69)(H,67,70)(H,68,80)/t46-,49-,50+,51+,53+,54+,55-,56-,57+,58+,60+,61+/m0/s1. The summed E-state index contributed by atoms with van der Waals surface area (Å²) in [5.74, 6) is -6.43. The summed E-state index contributed by atoms with van der Waals surface area (Å²) >= 11 is 0. The van der Waals surface area contributed by atoms with Crippen LogP contribution in [0.15, 0.2) is 78.9 Å². The van der Waals surface area contributed by atoms with E-state index >= 15 is 0 Å². The van der Waals surface area contributed by atoms with Gasteiger partial charge < -0.3 is 98.0 Å². The van der Waals surface area contributed by atoms with Crippen LogP contribution in [0.5, 0.6) is 11.5 Å². The Balaban J connectivity index is 1.31. The van der Waals surface area contributed by atoms with Gasteiger partial charge in [0.25, 0.3) is 0 Å². The lowest BCUT2D eigenvalue weighted by atomic mass is 9.80. The number of hydrogen-bond donors (Lipinski definition) is 6. The lowest BCUT2D eigenvalue weighted by Gasteiger charge is -2.44. The molecule has 0 bridgehead atoms. The molecule has 0 radical (unpaired) electrons. The van der Waals surface area contributed by atoms with Gasteiger partial charge in [0.2, 0.25) is 23.6 Å². The Kier molecular flexibility index (Phi) is 30.3. The number of aliphatic hydroxyl groups is 1. The number of rotatable bonds is 34. The first kappa shape index (κ1) is 75.7. The van der Waals surface area contributed by atoms with Crippen molar-refractivity contribution in [2.24, 2.45) is 0 Å². The summed E-state index contributed by atoms with van der Waals surface area (Å²) < 4.78 is 79.2. The molecule has 2 aliphatic heterocycles. The van der Waals surface area contributed by atoms with Crippen molar-refractivity contribution in [1.82, 2.24) is 26.6 Å². The fraction of sp³-hybridized carbons (Fsp3) is 0.540. The molecule has 6 N–H and O–H groups in total. The molecule has 31 nitrogen and oxygen atoms in total. The maximum Gasteiger partial charge on any atom is 0.407 e. The molecule has 94 heavy (non-hydrogen) atoms. The fourth-order valence-corrected chi connectivity index (χ4v) is 10.1. The number of ether oxygens (including phenoxy) is 14. The van der Waals surface area contributed by atoms with E-state index in [2.05, 4.69) is 26.6 Å². The van der Waals surface area contributed by atoms with Crippen LogP contribution >= 0.6 is 0 Å². The van der Waals surface area contributed by atoms with Crippen molar-refractivity contribution in [3.63, 3.8) is 0 Å². The smallest absolute Gasteiger partial charge is 0.407 e. The van der Waals surface area contributed by atoms with Crippen LogP contribution in [0.4, 0.5) is 4.79 Å². The van der Waals surface area contributed by atoms with Crippen molar-refractivity contribution in [2.45, 2.75) is 154 Å². The van der Waals surface area contributed by atoms with E-state index in [0.717, 1.165) is 41.5 Å². The zero-order valence-corrected chi connectivity index (χ0v) is 53.9. The highest BCUT2D eigenvalue weighted by Gasteiger charge is 2.53. The molecule has 2 fully saturated rings. The second kappa shape index (κ2) is 37.6. The molecule has 0 aliphatic carbocycles. The van der Waals surface area contributed by atoms with Crippen molar-refractivity contribution in [3.8, 4) is 11.5 Å². The van der Waals surface area contributed by atoms with Gasteiger partial charge >= 0.3 is 41.9 Å². The molecule has 516 valence electrons. The molecule has 2 heterocycles. The van der Waals surface area contributed by atoms with Crippen LogP contribution in [0.2, 0.25) is 0 Å². The van der Waals surface area contributed by atoms with Gasteiger partial charge in [0, 0.05) is 68.5 Å². The normalized spacial score (nSPS) is 21.4. The minimum absolute atomic E-state index is 0.00424. The average Bonchev–Trinajstić information content (AvgIpc) is 0.767. The molecule has 0 spiro atoms. The van der Waals surface area contributed by atoms with Crippen LogP contribution in [-0.2, 0) is 110 Å². The van der Waals surface area contributed by atoms with Gasteiger partial charge in [-0.2, -0.15) is 0 Å². The Labute approximate surface area is 542 Å². The highest BCUT2D eigenvalue weighted by atomic mass is 16.7. The quantitative estimate of drug-likeness (QED) is 0.0212. The number of carbonyl (C=O) groups excluding carboxylic acids is 11. The molecule has 0 saturated carbocycles. The minimum Gasteiger partial charge on any atom is -0.497 e. The number of esters is 6. The third-order valence-electron chi connectivity index (χ3n) is 14.0. The van der Waals surface area contributed by atoms with Crippen molar-refractivity contribution in [3.05, 3.63) is 95.6 Å². The second-order valence-electron chi connectivity index (χ2n) is 21.5. The number of amides is 5. The minimum atomic E-state index is -1.64. The summed E-state index contributed by atoms with van der Waals surface area (Å²) in [6, 6.07) is 19.3. The average molecular weight is 1330 g/mol. The molecular formula is C63H83N5O26. The fourth-order valence-electron chi connectivity index (χ4n) is 10.1. The molecule has 5 rings (SSSR count). The maximum absolute atomic E-state index is 14.0. The lowest BCUT2D eigenvalue weighted by Crippen LogP contribution is -2.66. The maximum atomic E-state index is 14.0. The van der Waals surface area contributed by atoms with Gasteiger partial charge in [0.05, 0.1) is 40.5 Å². The van der Waals surface area contributed by atoms with Crippen molar-refractivity contribution >= 4 is 65.5 Å². The molecular weight excluding hydrogens is 1240 g/mol. The van der Waals surface area contributed by atoms with Gasteiger partial charge in [0.15, 0.2) is 37.0 Å². The van der Waals surface area contributed by atoms with E-state index < -0.39 is 177 Å². The van der Waals surface area contributed by atoms with Gasteiger partial charge in [-0.3, -0.25) is 47.9 Å². The first-order valence-electron chi connectivity index (χ1n) is 29.9. The largest absolute Gasteiger partial charge is 0.497 e. The summed E-state index contributed by atoms with van der Waals surface area (Å²) in [4.78, 5) is 139. The molecule has 0 aromatic heterocycles. The summed E-state index contributed by atoms with van der Waals surface area (Å²) in [6.07, 6.45) is -14.3. The number of carbonyl (C=O) groups is 11. The zero-order valence-electron chi connectivity index (χ0n) is 53.9. The molecule has 3 aromatic rings. The highest BCUT2D eigenvalue weighted by Crippen LogP contribution is 2.42. The van der Waals surface area contributed by atoms with Gasteiger partial charge in [-0.15, -0.1) is 0 Å². The predicted molar refractivity (Wildman–Crippen MR) is 322 cm³/mol. The van der Waals surface area contributed by atoms with Crippen LogP contribution in [0, 0.1) is 0 Å². The Morgan fingerprint density at radius 2 is 0.926 bits per heavy atom. The van der Waals surface area contributed by atoms with E-state index in [1.165, 1.54) is 28.1 Å². The highest BCUT2D eigenvalue weighted by molar-refractivity contribution is 5.91. The number of benzene rings is 3. The molecule has 2 saturated heterocycles. The second-order valence-corrected chi connectivity index (χ2v) is 21.5. The SMILES string of the molecule is COc1ccc(C(OC[C@@H](O)COC(=O)N[C@@H](CC(=O)NCCCO[C@@H]2O[C@H](COC(C)=O)[C@H](OC(C)=O)[C@H](OC(C)=O)[C@H]2NC(C)=O)C(=O)NCCCO[C@@H]2O[C@H](COC(C)=O)[C@H](OC(C)=O)[C@H](OC(C)=O)[C@H]2NC(C)=O)(c2ccccc2)c2ccc(OC)cc2)cc1. The van der Waals surface area contributed by atoms with E-state index in [9.17, 15) is 57.8 Å². The van der Waals surface area contributed by atoms with Crippen LogP contribution < -0.4 is 36.1 Å². The third-order valence-corrected chi connectivity index (χ3v) is 14.0. The van der Waals surface area contributed by atoms with Crippen LogP contribution in [0.25, 0.3) is 0 Å². The van der Waals surface area contributed by atoms with Gasteiger partial charge in [-0.25, -0.2) is 4.79 Å². The molecule has 12 atom stereocenters. The van der Waals surface area contributed by atoms with E-state index in [-0.39, 0.29) is 39.1 Å². The molecule has 2 aliphatic rings. The first-order valence-corrected chi connectivity index (χ1v) is 29.9. The molecule has 5 amide bonds. The topological polar surface area (TPSA) is 397 Å². The Bertz CT molecular complexity index is 2980. The van der Waals surface area contributed by atoms with Crippen molar-refractivity contribution in [2.75, 3.05) is 67.0 Å². The van der Waals surface area contributed by atoms with Crippen LogP contribution in [-0.4, -0.2) is 211 Å². The van der Waals surface area contributed by atoms with Crippen LogP contribution in [0.3, 0.4) is 0 Å². The summed E-state index contributed by atoms with van der Waals surface area (Å²) in [5.41, 5.74) is 0.613. The van der Waals surface area contributed by atoms with Gasteiger partial charge in [0.1, 0.15) is 73.4 Å². The van der Waals surface area contributed by atoms with E-state index in [1.54, 1.807) is 24.3 Å². The zero-order chi connectivity index (χ0) is 69.1. The first-order chi connectivity index (χ1) is 44.7. The van der Waals surface area contributed by atoms with Gasteiger partial charge in [-0.1, -0.05) is 54.6 Å².